The fourth-order valence-corrected chi connectivity index (χ4v) is 2.57. The highest BCUT2D eigenvalue weighted by Gasteiger charge is 2.32. The van der Waals surface area contributed by atoms with E-state index in [9.17, 15) is 18.8 Å². The number of benzene rings is 2. The number of hydrogen-bond donors (Lipinski definition) is 0. The van der Waals surface area contributed by atoms with Gasteiger partial charge in [0, 0.05) is 16.0 Å². The average molecular weight is 427 g/mol. The van der Waals surface area contributed by atoms with Gasteiger partial charge in [0.2, 0.25) is 0 Å². The molecule has 3 atom stereocenters. The molecule has 0 saturated heterocycles. The molecular weight excluding hydrogens is 410 g/mol. The number of carbonyl (C=O) groups is 3. The van der Waals surface area contributed by atoms with Crippen LogP contribution in [0, 0.1) is 5.92 Å². The summed E-state index contributed by atoms with van der Waals surface area (Å²) in [5.74, 6) is -2.23. The smallest absolute Gasteiger partial charge is 0.338 e. The molecule has 0 spiro atoms. The standard InChI is InChI=1S/C20H17Cl2FO5/c1-12(11-27-19(25)13-2-6-15(21)7-3-13)18(17(23)10-24)28-20(26)14-4-8-16(22)9-5-14/h2-10,12,17-18H,11H2,1H3/t12-,17-,18-/m1/s1. The van der Waals surface area contributed by atoms with Gasteiger partial charge in [0.1, 0.15) is 6.10 Å². The van der Waals surface area contributed by atoms with Gasteiger partial charge in [-0.2, -0.15) is 0 Å². The number of ether oxygens (including phenoxy) is 2. The van der Waals surface area contributed by atoms with Crippen molar-refractivity contribution >= 4 is 41.4 Å². The van der Waals surface area contributed by atoms with Gasteiger partial charge >= 0.3 is 11.9 Å². The van der Waals surface area contributed by atoms with Crippen LogP contribution in [0.3, 0.4) is 0 Å². The number of esters is 2. The van der Waals surface area contributed by atoms with Gasteiger partial charge in [0.25, 0.3) is 0 Å². The van der Waals surface area contributed by atoms with Crippen LogP contribution in [0.1, 0.15) is 27.6 Å². The van der Waals surface area contributed by atoms with Crippen molar-refractivity contribution in [2.24, 2.45) is 5.92 Å². The van der Waals surface area contributed by atoms with E-state index in [4.69, 9.17) is 32.7 Å². The molecule has 0 aliphatic heterocycles. The zero-order valence-corrected chi connectivity index (χ0v) is 16.3. The number of aldehydes is 1. The Hall–Kier alpha value is -2.44. The third-order valence-corrected chi connectivity index (χ3v) is 4.39. The Balaban J connectivity index is 2.01. The van der Waals surface area contributed by atoms with Gasteiger partial charge in [-0.3, -0.25) is 4.79 Å². The highest BCUT2D eigenvalue weighted by Crippen LogP contribution is 2.19. The summed E-state index contributed by atoms with van der Waals surface area (Å²) in [6.45, 7) is 1.25. The molecule has 2 rings (SSSR count). The van der Waals surface area contributed by atoms with Crippen molar-refractivity contribution in [3.8, 4) is 0 Å². The molecule has 0 saturated carbocycles. The molecular formula is C20H17Cl2FO5. The SMILES string of the molecule is C[C@H](COC(=O)c1ccc(Cl)cc1)[C@@H](OC(=O)c1ccc(Cl)cc1)[C@H](F)C=O. The third kappa shape index (κ3) is 6.04. The van der Waals surface area contributed by atoms with Crippen molar-refractivity contribution in [1.82, 2.24) is 0 Å². The van der Waals surface area contributed by atoms with Crippen LogP contribution in [0.5, 0.6) is 0 Å². The van der Waals surface area contributed by atoms with E-state index in [1.165, 1.54) is 55.5 Å². The van der Waals surface area contributed by atoms with Crippen LogP contribution in [-0.4, -0.2) is 37.1 Å². The second-order valence-corrected chi connectivity index (χ2v) is 6.91. The molecule has 28 heavy (non-hydrogen) atoms. The highest BCUT2D eigenvalue weighted by atomic mass is 35.5. The van der Waals surface area contributed by atoms with E-state index in [1.807, 2.05) is 0 Å². The van der Waals surface area contributed by atoms with Crippen molar-refractivity contribution < 1.29 is 28.2 Å². The lowest BCUT2D eigenvalue weighted by molar-refractivity contribution is -0.117. The first-order valence-corrected chi connectivity index (χ1v) is 9.06. The molecule has 0 aromatic heterocycles. The molecule has 0 N–H and O–H groups in total. The van der Waals surface area contributed by atoms with Gasteiger partial charge in [-0.1, -0.05) is 30.1 Å². The Morgan fingerprint density at radius 1 is 0.964 bits per heavy atom. The molecule has 0 aliphatic carbocycles. The molecule has 0 radical (unpaired) electrons. The monoisotopic (exact) mass is 426 g/mol. The van der Waals surface area contributed by atoms with Crippen LogP contribution in [0.25, 0.3) is 0 Å². The van der Waals surface area contributed by atoms with Gasteiger partial charge in [0.15, 0.2) is 12.5 Å². The number of rotatable bonds is 8. The minimum absolute atomic E-state index is 0.0390. The molecule has 0 aliphatic rings. The Morgan fingerprint density at radius 3 is 1.89 bits per heavy atom. The topological polar surface area (TPSA) is 69.7 Å². The summed E-state index contributed by atoms with van der Waals surface area (Å²) in [6, 6.07) is 11.8. The summed E-state index contributed by atoms with van der Waals surface area (Å²) in [5.41, 5.74) is 0.413. The number of hydrogen-bond acceptors (Lipinski definition) is 5. The Labute approximate surface area is 171 Å². The maximum atomic E-state index is 14.1. The molecule has 5 nitrogen and oxygen atoms in total. The minimum Gasteiger partial charge on any atom is -0.462 e. The molecule has 0 amide bonds. The largest absolute Gasteiger partial charge is 0.462 e. The molecule has 0 heterocycles. The van der Waals surface area contributed by atoms with Crippen LogP contribution < -0.4 is 0 Å². The Morgan fingerprint density at radius 2 is 1.43 bits per heavy atom. The van der Waals surface area contributed by atoms with Crippen molar-refractivity contribution in [2.45, 2.75) is 19.2 Å². The summed E-state index contributed by atoms with van der Waals surface area (Å²) in [6.07, 6.45) is -3.45. The predicted molar refractivity (Wildman–Crippen MR) is 103 cm³/mol. The summed E-state index contributed by atoms with van der Waals surface area (Å²) in [4.78, 5) is 35.2. The van der Waals surface area contributed by atoms with Crippen LogP contribution in [0.4, 0.5) is 4.39 Å². The number of alkyl halides is 1. The average Bonchev–Trinajstić information content (AvgIpc) is 2.70. The van der Waals surface area contributed by atoms with Crippen LogP contribution in [0.2, 0.25) is 10.0 Å². The number of carbonyl (C=O) groups excluding carboxylic acids is 3. The fraction of sp³-hybridized carbons (Fsp3) is 0.250. The minimum atomic E-state index is -2.07. The van der Waals surface area contributed by atoms with Crippen molar-refractivity contribution in [1.29, 1.82) is 0 Å². The molecule has 2 aromatic rings. The highest BCUT2D eigenvalue weighted by molar-refractivity contribution is 6.30. The van der Waals surface area contributed by atoms with Gasteiger partial charge in [-0.05, 0) is 48.5 Å². The molecule has 0 unspecified atom stereocenters. The Kier molecular flexibility index (Phi) is 7.96. The lowest BCUT2D eigenvalue weighted by atomic mass is 10.0. The van der Waals surface area contributed by atoms with Gasteiger partial charge in [0.05, 0.1) is 17.7 Å². The summed E-state index contributed by atoms with van der Waals surface area (Å²) in [7, 11) is 0. The zero-order valence-electron chi connectivity index (χ0n) is 14.8. The molecule has 0 bridgehead atoms. The van der Waals surface area contributed by atoms with Crippen LogP contribution >= 0.6 is 23.2 Å². The van der Waals surface area contributed by atoms with E-state index in [0.29, 0.717) is 10.0 Å². The van der Waals surface area contributed by atoms with Crippen molar-refractivity contribution in [3.63, 3.8) is 0 Å². The summed E-state index contributed by atoms with van der Waals surface area (Å²) in [5, 5.41) is 0.886. The van der Waals surface area contributed by atoms with Crippen molar-refractivity contribution in [2.75, 3.05) is 6.61 Å². The normalized spacial score (nSPS) is 13.9. The lowest BCUT2D eigenvalue weighted by Crippen LogP contribution is -2.37. The maximum absolute atomic E-state index is 14.1. The van der Waals surface area contributed by atoms with Gasteiger partial charge < -0.3 is 9.47 Å². The number of halogens is 3. The zero-order chi connectivity index (χ0) is 20.7. The molecule has 148 valence electrons. The van der Waals surface area contributed by atoms with Gasteiger partial charge in [-0.25, -0.2) is 14.0 Å². The first kappa shape index (κ1) is 21.9. The van der Waals surface area contributed by atoms with E-state index in [2.05, 4.69) is 0 Å². The predicted octanol–water partition coefficient (Wildman–Crippen LogP) is 4.55. The third-order valence-electron chi connectivity index (χ3n) is 3.88. The van der Waals surface area contributed by atoms with E-state index in [0.717, 1.165) is 0 Å². The summed E-state index contributed by atoms with van der Waals surface area (Å²) < 4.78 is 24.3. The quantitative estimate of drug-likeness (QED) is 0.457. The second kappa shape index (κ2) is 10.2. The molecule has 0 fully saturated rings. The molecule has 8 heteroatoms. The Bertz CT molecular complexity index is 823. The van der Waals surface area contributed by atoms with E-state index < -0.39 is 30.1 Å². The lowest BCUT2D eigenvalue weighted by Gasteiger charge is -2.24. The fourth-order valence-electron chi connectivity index (χ4n) is 2.32. The second-order valence-electron chi connectivity index (χ2n) is 6.04. The van der Waals surface area contributed by atoms with Crippen LogP contribution in [-0.2, 0) is 14.3 Å². The summed E-state index contributed by atoms with van der Waals surface area (Å²) >= 11 is 11.5. The van der Waals surface area contributed by atoms with Crippen LogP contribution in [0.15, 0.2) is 48.5 Å². The van der Waals surface area contributed by atoms with E-state index in [-0.39, 0.29) is 24.0 Å². The van der Waals surface area contributed by atoms with Crippen molar-refractivity contribution in [3.05, 3.63) is 69.7 Å². The maximum Gasteiger partial charge on any atom is 0.338 e. The first-order valence-electron chi connectivity index (χ1n) is 8.30. The van der Waals surface area contributed by atoms with Gasteiger partial charge in [-0.15, -0.1) is 0 Å². The van der Waals surface area contributed by atoms with E-state index in [1.54, 1.807) is 0 Å². The van der Waals surface area contributed by atoms with E-state index >= 15 is 0 Å². The molecule has 2 aromatic carbocycles. The first-order chi connectivity index (χ1) is 13.3.